The zero-order valence-electron chi connectivity index (χ0n) is 12.3. The van der Waals surface area contributed by atoms with E-state index in [9.17, 15) is 4.79 Å². The maximum absolute atomic E-state index is 11.7. The van der Waals surface area contributed by atoms with Gasteiger partial charge in [-0.25, -0.2) is 0 Å². The van der Waals surface area contributed by atoms with E-state index >= 15 is 0 Å². The predicted molar refractivity (Wildman–Crippen MR) is 79.7 cm³/mol. The Morgan fingerprint density at radius 1 is 0.947 bits per heavy atom. The number of carbonyl (C=O) groups excluding carboxylic acids is 1. The highest BCUT2D eigenvalue weighted by molar-refractivity contribution is 5.78. The van der Waals surface area contributed by atoms with Gasteiger partial charge in [0, 0.05) is 19.5 Å². The van der Waals surface area contributed by atoms with Gasteiger partial charge in [0.25, 0.3) is 0 Å². The Morgan fingerprint density at radius 2 is 1.53 bits per heavy atom. The van der Waals surface area contributed by atoms with Crippen molar-refractivity contribution in [2.24, 2.45) is 17.4 Å². The third-order valence-electron chi connectivity index (χ3n) is 4.01. The van der Waals surface area contributed by atoms with Crippen molar-refractivity contribution in [2.75, 3.05) is 26.2 Å². The standard InChI is InChI=1S/C15H31N3O/c16-9-7-5-3-1-2-4-6-8-10-18-13-14(12-17)11-15(18)19/h14H,1-13,16-17H2. The van der Waals surface area contributed by atoms with Gasteiger partial charge in [-0.1, -0.05) is 38.5 Å². The van der Waals surface area contributed by atoms with Crippen LogP contribution in [0, 0.1) is 5.92 Å². The molecule has 1 aliphatic heterocycles. The Labute approximate surface area is 117 Å². The van der Waals surface area contributed by atoms with Crippen molar-refractivity contribution in [3.05, 3.63) is 0 Å². The number of hydrogen-bond donors (Lipinski definition) is 2. The molecule has 112 valence electrons. The Balaban J connectivity index is 1.90. The summed E-state index contributed by atoms with van der Waals surface area (Å²) in [7, 11) is 0. The predicted octanol–water partition coefficient (Wildman–Crippen LogP) is 1.87. The number of carbonyl (C=O) groups is 1. The van der Waals surface area contributed by atoms with Crippen LogP contribution >= 0.6 is 0 Å². The highest BCUT2D eigenvalue weighted by Gasteiger charge is 2.27. The number of rotatable bonds is 11. The number of unbranched alkanes of at least 4 members (excludes halogenated alkanes) is 7. The van der Waals surface area contributed by atoms with Crippen LogP contribution in [-0.4, -0.2) is 37.0 Å². The van der Waals surface area contributed by atoms with E-state index in [0.29, 0.717) is 24.8 Å². The molecule has 0 aromatic rings. The zero-order valence-corrected chi connectivity index (χ0v) is 12.3. The molecule has 1 amide bonds. The van der Waals surface area contributed by atoms with Crippen LogP contribution in [0.5, 0.6) is 0 Å². The fourth-order valence-corrected chi connectivity index (χ4v) is 2.74. The van der Waals surface area contributed by atoms with E-state index in [2.05, 4.69) is 0 Å². The molecule has 4 nitrogen and oxygen atoms in total. The fraction of sp³-hybridized carbons (Fsp3) is 0.933. The summed E-state index contributed by atoms with van der Waals surface area (Å²) >= 11 is 0. The van der Waals surface area contributed by atoms with Crippen LogP contribution in [0.3, 0.4) is 0 Å². The lowest BCUT2D eigenvalue weighted by Crippen LogP contribution is -2.27. The third kappa shape index (κ3) is 6.92. The first kappa shape index (κ1) is 16.4. The minimum absolute atomic E-state index is 0.303. The average Bonchev–Trinajstić information content (AvgIpc) is 2.78. The van der Waals surface area contributed by atoms with Gasteiger partial charge < -0.3 is 16.4 Å². The molecule has 1 fully saturated rings. The summed E-state index contributed by atoms with van der Waals surface area (Å²) in [6.45, 7) is 3.29. The number of hydrogen-bond acceptors (Lipinski definition) is 3. The van der Waals surface area contributed by atoms with Gasteiger partial charge in [-0.15, -0.1) is 0 Å². The minimum atomic E-state index is 0.303. The van der Waals surface area contributed by atoms with Gasteiger partial charge in [-0.3, -0.25) is 4.79 Å². The minimum Gasteiger partial charge on any atom is -0.342 e. The second-order valence-corrected chi connectivity index (χ2v) is 5.76. The molecule has 0 bridgehead atoms. The molecule has 0 saturated carbocycles. The lowest BCUT2D eigenvalue weighted by atomic mass is 10.1. The number of amides is 1. The first-order valence-corrected chi connectivity index (χ1v) is 7.95. The van der Waals surface area contributed by atoms with Gasteiger partial charge in [-0.05, 0) is 31.8 Å². The monoisotopic (exact) mass is 269 g/mol. The molecule has 4 N–H and O–H groups in total. The molecule has 1 heterocycles. The molecule has 19 heavy (non-hydrogen) atoms. The van der Waals surface area contributed by atoms with Crippen LogP contribution in [0.15, 0.2) is 0 Å². The highest BCUT2D eigenvalue weighted by atomic mass is 16.2. The van der Waals surface area contributed by atoms with Crippen LogP contribution < -0.4 is 11.5 Å². The Morgan fingerprint density at radius 3 is 2.05 bits per heavy atom. The van der Waals surface area contributed by atoms with Crippen molar-refractivity contribution in [1.82, 2.24) is 4.90 Å². The van der Waals surface area contributed by atoms with Gasteiger partial charge in [0.2, 0.25) is 5.91 Å². The van der Waals surface area contributed by atoms with E-state index in [1.165, 1.54) is 44.9 Å². The van der Waals surface area contributed by atoms with Gasteiger partial charge in [0.05, 0.1) is 0 Å². The topological polar surface area (TPSA) is 72.3 Å². The summed E-state index contributed by atoms with van der Waals surface area (Å²) in [5.74, 6) is 0.701. The van der Waals surface area contributed by atoms with E-state index in [-0.39, 0.29) is 0 Å². The van der Waals surface area contributed by atoms with Crippen LogP contribution in [0.1, 0.15) is 57.8 Å². The van der Waals surface area contributed by atoms with Crippen LogP contribution in [-0.2, 0) is 4.79 Å². The van der Waals surface area contributed by atoms with Crippen molar-refractivity contribution in [3.63, 3.8) is 0 Å². The molecular weight excluding hydrogens is 238 g/mol. The lowest BCUT2D eigenvalue weighted by Gasteiger charge is -2.16. The van der Waals surface area contributed by atoms with Crippen molar-refractivity contribution < 1.29 is 4.79 Å². The Hall–Kier alpha value is -0.610. The molecule has 0 radical (unpaired) electrons. The number of nitrogens with zero attached hydrogens (tertiary/aromatic N) is 1. The quantitative estimate of drug-likeness (QED) is 0.562. The second-order valence-electron chi connectivity index (χ2n) is 5.76. The molecule has 0 spiro atoms. The van der Waals surface area contributed by atoms with E-state index in [1.54, 1.807) is 0 Å². The van der Waals surface area contributed by atoms with Crippen molar-refractivity contribution in [1.29, 1.82) is 0 Å². The number of nitrogens with two attached hydrogens (primary N) is 2. The summed E-state index contributed by atoms with van der Waals surface area (Å²) in [4.78, 5) is 13.7. The smallest absolute Gasteiger partial charge is 0.222 e. The Bertz CT molecular complexity index is 246. The maximum Gasteiger partial charge on any atom is 0.222 e. The molecular formula is C15H31N3O. The lowest BCUT2D eigenvalue weighted by molar-refractivity contribution is -0.127. The van der Waals surface area contributed by atoms with Gasteiger partial charge in [0.15, 0.2) is 0 Å². The summed E-state index contributed by atoms with van der Waals surface area (Å²) in [6, 6.07) is 0. The SMILES string of the molecule is NCCCCCCCCCCN1CC(CN)CC1=O. The second kappa shape index (κ2) is 10.2. The van der Waals surface area contributed by atoms with Crippen LogP contribution in [0.2, 0.25) is 0 Å². The maximum atomic E-state index is 11.7. The summed E-state index contributed by atoms with van der Waals surface area (Å²) in [5, 5.41) is 0. The van der Waals surface area contributed by atoms with Gasteiger partial charge in [-0.2, -0.15) is 0 Å². The molecule has 0 aliphatic carbocycles. The number of likely N-dealkylation sites (tertiary alicyclic amines) is 1. The Kier molecular flexibility index (Phi) is 8.84. The molecule has 0 aromatic carbocycles. The molecule has 0 aromatic heterocycles. The van der Waals surface area contributed by atoms with Crippen molar-refractivity contribution >= 4 is 5.91 Å². The van der Waals surface area contributed by atoms with E-state index in [1.807, 2.05) is 4.90 Å². The molecule has 1 rings (SSSR count). The fourth-order valence-electron chi connectivity index (χ4n) is 2.74. The molecule has 1 atom stereocenters. The van der Waals surface area contributed by atoms with Crippen LogP contribution in [0.25, 0.3) is 0 Å². The van der Waals surface area contributed by atoms with E-state index < -0.39 is 0 Å². The average molecular weight is 269 g/mol. The van der Waals surface area contributed by atoms with Gasteiger partial charge in [0.1, 0.15) is 0 Å². The summed E-state index contributed by atoms with van der Waals surface area (Å²) in [5.41, 5.74) is 11.1. The van der Waals surface area contributed by atoms with E-state index in [0.717, 1.165) is 26.1 Å². The normalized spacial score (nSPS) is 19.4. The van der Waals surface area contributed by atoms with Crippen LogP contribution in [0.4, 0.5) is 0 Å². The largest absolute Gasteiger partial charge is 0.342 e. The molecule has 4 heteroatoms. The molecule has 1 aliphatic rings. The van der Waals surface area contributed by atoms with Crippen molar-refractivity contribution in [2.45, 2.75) is 57.8 Å². The third-order valence-corrected chi connectivity index (χ3v) is 4.01. The van der Waals surface area contributed by atoms with Gasteiger partial charge >= 0.3 is 0 Å². The van der Waals surface area contributed by atoms with Crippen molar-refractivity contribution in [3.8, 4) is 0 Å². The van der Waals surface area contributed by atoms with E-state index in [4.69, 9.17) is 11.5 Å². The zero-order chi connectivity index (χ0) is 13.9. The highest BCUT2D eigenvalue weighted by Crippen LogP contribution is 2.17. The molecule has 1 saturated heterocycles. The summed E-state index contributed by atoms with van der Waals surface area (Å²) in [6.07, 6.45) is 10.8. The first-order valence-electron chi connectivity index (χ1n) is 7.95. The summed E-state index contributed by atoms with van der Waals surface area (Å²) < 4.78 is 0. The molecule has 1 unspecified atom stereocenters. The first-order chi connectivity index (χ1) is 9.27.